The van der Waals surface area contributed by atoms with Crippen LogP contribution in [0, 0.1) is 3.57 Å². The highest BCUT2D eigenvalue weighted by Gasteiger charge is 2.34. The normalized spacial score (nSPS) is 16.4. The van der Waals surface area contributed by atoms with Crippen molar-refractivity contribution in [2.45, 2.75) is 69.9 Å². The number of nitrogens with two attached hydrogens (primary N) is 1. The topological polar surface area (TPSA) is 129 Å². The van der Waals surface area contributed by atoms with Crippen LogP contribution in [0.25, 0.3) is 5.57 Å². The Morgan fingerprint density at radius 2 is 1.86 bits per heavy atom. The van der Waals surface area contributed by atoms with Crippen LogP contribution >= 0.6 is 22.6 Å². The Morgan fingerprint density at radius 1 is 1.07 bits per heavy atom. The number of halogens is 1. The van der Waals surface area contributed by atoms with Crippen LogP contribution in [0.15, 0.2) is 60.2 Å². The van der Waals surface area contributed by atoms with Gasteiger partial charge >= 0.3 is 12.1 Å². The summed E-state index contributed by atoms with van der Waals surface area (Å²) in [4.78, 5) is 39.2. The number of allylic oxidation sites excluding steroid dienone is 3. The zero-order valence-corrected chi connectivity index (χ0v) is 27.6. The minimum Gasteiger partial charge on any atom is -0.494 e. The molecule has 236 valence electrons. The Hall–Kier alpha value is -3.38. The molecule has 3 atom stereocenters. The van der Waals surface area contributed by atoms with Gasteiger partial charge in [-0.25, -0.2) is 9.59 Å². The number of rotatable bonds is 15. The highest BCUT2D eigenvalue weighted by atomic mass is 127. The Bertz CT molecular complexity index is 1370. The predicted octanol–water partition coefficient (Wildman–Crippen LogP) is 5.41. The van der Waals surface area contributed by atoms with E-state index in [1.54, 1.807) is 0 Å². The van der Waals surface area contributed by atoms with Gasteiger partial charge in [0.15, 0.2) is 0 Å². The molecule has 4 N–H and O–H groups in total. The maximum Gasteiger partial charge on any atom is 0.407 e. The molecule has 1 unspecified atom stereocenters. The first-order chi connectivity index (χ1) is 21.4. The number of carbonyl (C=O) groups is 3. The van der Waals surface area contributed by atoms with Crippen LogP contribution in [0.3, 0.4) is 0 Å². The second-order valence-corrected chi connectivity index (χ2v) is 12.2. The molecule has 9 nitrogen and oxygen atoms in total. The molecule has 2 aliphatic carbocycles. The summed E-state index contributed by atoms with van der Waals surface area (Å²) in [7, 11) is 1.28. The number of carbonyl (C=O) groups excluding carboxylic acids is 3. The molecule has 2 aliphatic rings. The molecule has 0 spiro atoms. The summed E-state index contributed by atoms with van der Waals surface area (Å²) < 4.78 is 17.5. The highest BCUT2D eigenvalue weighted by molar-refractivity contribution is 14.1. The van der Waals surface area contributed by atoms with Gasteiger partial charge in [-0.15, -0.1) is 0 Å². The fraction of sp³-hybridized carbons (Fsp3) is 0.441. The smallest absolute Gasteiger partial charge is 0.407 e. The molecule has 2 aromatic carbocycles. The van der Waals surface area contributed by atoms with Crippen molar-refractivity contribution in [3.05, 3.63) is 80.5 Å². The molecule has 0 fully saturated rings. The van der Waals surface area contributed by atoms with Crippen molar-refractivity contribution in [3.8, 4) is 5.75 Å². The van der Waals surface area contributed by atoms with E-state index < -0.39 is 30.1 Å². The lowest BCUT2D eigenvalue weighted by atomic mass is 9.93. The molecule has 0 aliphatic heterocycles. The molecule has 0 aromatic heterocycles. The van der Waals surface area contributed by atoms with E-state index in [0.717, 1.165) is 34.1 Å². The van der Waals surface area contributed by atoms with Gasteiger partial charge in [0.05, 0.1) is 13.7 Å². The predicted molar refractivity (Wildman–Crippen MR) is 178 cm³/mol. The van der Waals surface area contributed by atoms with E-state index >= 15 is 0 Å². The molecule has 0 radical (unpaired) electrons. The van der Waals surface area contributed by atoms with Crippen molar-refractivity contribution in [3.63, 3.8) is 0 Å². The molecule has 0 heterocycles. The Kier molecular flexibility index (Phi) is 12.7. The number of fused-ring (bicyclic) bond motifs is 2. The standard InChI is InChI=1S/C34H42IN3O6/c1-3-19-43-23-16-14-22(15-17-23)20-30(33(40)42-2)37-32(39)29(13-6-7-18-36)38-34(41)44-21-27-25-10-5-4-9-24(25)26-11-8-12-28(35)31(26)27/h5,8,10-12,14-17,27,29-30H,3-4,6-7,9,13,18-21,36H2,1-2H3,(H,37,39)(H,38,41)/t27?,29-,30-/m0/s1. The summed E-state index contributed by atoms with van der Waals surface area (Å²) >= 11 is 2.34. The number of hydrogen-bond donors (Lipinski definition) is 3. The second kappa shape index (κ2) is 16.6. The zero-order chi connectivity index (χ0) is 31.5. The molecular weight excluding hydrogens is 673 g/mol. The third-order valence-electron chi connectivity index (χ3n) is 7.88. The van der Waals surface area contributed by atoms with E-state index in [4.69, 9.17) is 19.9 Å². The SMILES string of the molecule is CCCOc1ccc(C[C@H](NC(=O)[C@H](CCCCN)NC(=O)OCC2C3=C(CCC=C3)c3cccc(I)c32)C(=O)OC)cc1. The van der Waals surface area contributed by atoms with Gasteiger partial charge in [0.2, 0.25) is 5.91 Å². The third-order valence-corrected chi connectivity index (χ3v) is 8.82. The summed E-state index contributed by atoms with van der Waals surface area (Å²) in [6.07, 6.45) is 8.34. The number of amides is 2. The molecular formula is C34H42IN3O6. The Morgan fingerprint density at radius 3 is 2.59 bits per heavy atom. The van der Waals surface area contributed by atoms with E-state index in [1.807, 2.05) is 31.2 Å². The van der Waals surface area contributed by atoms with E-state index in [-0.39, 0.29) is 18.9 Å². The Balaban J connectivity index is 1.41. The molecule has 2 amide bonds. The van der Waals surface area contributed by atoms with Crippen LogP contribution in [0.4, 0.5) is 4.79 Å². The van der Waals surface area contributed by atoms with Crippen LogP contribution in [0.5, 0.6) is 5.75 Å². The largest absolute Gasteiger partial charge is 0.494 e. The average molecular weight is 716 g/mol. The molecule has 2 aromatic rings. The van der Waals surface area contributed by atoms with Crippen molar-refractivity contribution < 1.29 is 28.6 Å². The van der Waals surface area contributed by atoms with Gasteiger partial charge in [-0.3, -0.25) is 4.79 Å². The lowest BCUT2D eigenvalue weighted by Crippen LogP contribution is -2.52. The second-order valence-electron chi connectivity index (χ2n) is 11.0. The maximum atomic E-state index is 13.5. The summed E-state index contributed by atoms with van der Waals surface area (Å²) in [6.45, 7) is 3.27. The number of esters is 1. The molecule has 0 bridgehead atoms. The van der Waals surface area contributed by atoms with Gasteiger partial charge in [0.25, 0.3) is 0 Å². The van der Waals surface area contributed by atoms with Gasteiger partial charge in [0.1, 0.15) is 24.4 Å². The van der Waals surface area contributed by atoms with Crippen LogP contribution in [0.2, 0.25) is 0 Å². The van der Waals surface area contributed by atoms with E-state index in [1.165, 1.54) is 29.4 Å². The lowest BCUT2D eigenvalue weighted by Gasteiger charge is -2.23. The highest BCUT2D eigenvalue weighted by Crippen LogP contribution is 2.47. The summed E-state index contributed by atoms with van der Waals surface area (Å²) in [5, 5.41) is 5.53. The number of hydrogen-bond acceptors (Lipinski definition) is 7. The van der Waals surface area contributed by atoms with E-state index in [0.29, 0.717) is 32.4 Å². The summed E-state index contributed by atoms with van der Waals surface area (Å²) in [6, 6.07) is 11.8. The van der Waals surface area contributed by atoms with Crippen LogP contribution in [-0.4, -0.2) is 56.9 Å². The van der Waals surface area contributed by atoms with Crippen LogP contribution in [0.1, 0.15) is 68.1 Å². The van der Waals surface area contributed by atoms with Crippen molar-refractivity contribution in [2.75, 3.05) is 26.9 Å². The molecule has 0 saturated heterocycles. The maximum absolute atomic E-state index is 13.5. The third kappa shape index (κ3) is 8.62. The van der Waals surface area contributed by atoms with E-state index in [2.05, 4.69) is 63.6 Å². The molecule has 4 rings (SSSR count). The first-order valence-corrected chi connectivity index (χ1v) is 16.4. The van der Waals surface area contributed by atoms with Crippen molar-refractivity contribution >= 4 is 46.1 Å². The van der Waals surface area contributed by atoms with Gasteiger partial charge in [0, 0.05) is 15.9 Å². The van der Waals surface area contributed by atoms with Crippen LogP contribution < -0.4 is 21.1 Å². The van der Waals surface area contributed by atoms with Gasteiger partial charge in [-0.1, -0.05) is 43.3 Å². The van der Waals surface area contributed by atoms with Crippen molar-refractivity contribution in [1.82, 2.24) is 10.6 Å². The zero-order valence-electron chi connectivity index (χ0n) is 25.4. The molecule has 0 saturated carbocycles. The average Bonchev–Trinajstić information content (AvgIpc) is 3.37. The van der Waals surface area contributed by atoms with Crippen LogP contribution in [-0.2, 0) is 25.5 Å². The first-order valence-electron chi connectivity index (χ1n) is 15.3. The fourth-order valence-electron chi connectivity index (χ4n) is 5.67. The quantitative estimate of drug-likeness (QED) is 0.128. The molecule has 10 heteroatoms. The minimum atomic E-state index is -0.940. The minimum absolute atomic E-state index is 0.0672. The van der Waals surface area contributed by atoms with Gasteiger partial charge < -0.3 is 30.6 Å². The molecule has 44 heavy (non-hydrogen) atoms. The number of methoxy groups -OCH3 is 1. The number of alkyl carbamates (subject to hydrolysis) is 1. The summed E-state index contributed by atoms with van der Waals surface area (Å²) in [5.74, 6) is -0.396. The number of benzene rings is 2. The number of unbranched alkanes of at least 4 members (excludes halogenated alkanes) is 1. The van der Waals surface area contributed by atoms with Crippen molar-refractivity contribution in [1.29, 1.82) is 0 Å². The van der Waals surface area contributed by atoms with Gasteiger partial charge in [-0.2, -0.15) is 0 Å². The first kappa shape index (κ1) is 33.5. The lowest BCUT2D eigenvalue weighted by molar-refractivity contribution is -0.145. The fourth-order valence-corrected chi connectivity index (χ4v) is 6.55. The Labute approximate surface area is 273 Å². The number of nitrogens with one attached hydrogen (secondary N) is 2. The monoisotopic (exact) mass is 715 g/mol. The summed E-state index contributed by atoms with van der Waals surface area (Å²) in [5.41, 5.74) is 11.4. The van der Waals surface area contributed by atoms with E-state index in [9.17, 15) is 14.4 Å². The van der Waals surface area contributed by atoms with Crippen molar-refractivity contribution in [2.24, 2.45) is 5.73 Å². The number of ether oxygens (including phenoxy) is 3. The van der Waals surface area contributed by atoms with Gasteiger partial charge in [-0.05, 0) is 114 Å².